The van der Waals surface area contributed by atoms with E-state index in [0.29, 0.717) is 13.0 Å². The van der Waals surface area contributed by atoms with Crippen LogP contribution in [0.1, 0.15) is 23.6 Å². The normalized spacial score (nSPS) is 17.2. The lowest BCUT2D eigenvalue weighted by Crippen LogP contribution is -2.42. The maximum absolute atomic E-state index is 12.2. The number of carbonyl (C=O) groups is 2. The standard InChI is InChI=1S/C15H21N3O2/c1-18(2)13(19)8-10-17-15(20)14-12-6-4-3-5-11(12)7-9-16-14/h3-6,14,16H,7-10H2,1-2H3,(H,17,20). The summed E-state index contributed by atoms with van der Waals surface area (Å²) >= 11 is 0. The van der Waals surface area contributed by atoms with Crippen LogP contribution in [0.3, 0.4) is 0 Å². The fraction of sp³-hybridized carbons (Fsp3) is 0.467. The smallest absolute Gasteiger partial charge is 0.241 e. The summed E-state index contributed by atoms with van der Waals surface area (Å²) in [5.74, 6) is -0.0500. The third-order valence-electron chi connectivity index (χ3n) is 3.51. The predicted molar refractivity (Wildman–Crippen MR) is 77.2 cm³/mol. The maximum atomic E-state index is 12.2. The van der Waals surface area contributed by atoms with Gasteiger partial charge in [0.1, 0.15) is 6.04 Å². The topological polar surface area (TPSA) is 61.4 Å². The number of fused-ring (bicyclic) bond motifs is 1. The maximum Gasteiger partial charge on any atom is 0.241 e. The monoisotopic (exact) mass is 275 g/mol. The van der Waals surface area contributed by atoms with Crippen molar-refractivity contribution in [2.75, 3.05) is 27.2 Å². The van der Waals surface area contributed by atoms with E-state index >= 15 is 0 Å². The van der Waals surface area contributed by atoms with Crippen LogP contribution in [-0.4, -0.2) is 43.9 Å². The minimum Gasteiger partial charge on any atom is -0.354 e. The van der Waals surface area contributed by atoms with E-state index in [9.17, 15) is 9.59 Å². The van der Waals surface area contributed by atoms with Gasteiger partial charge in [0.05, 0.1) is 0 Å². The second-order valence-corrected chi connectivity index (χ2v) is 5.17. The van der Waals surface area contributed by atoms with Crippen LogP contribution >= 0.6 is 0 Å². The first kappa shape index (κ1) is 14.5. The summed E-state index contributed by atoms with van der Waals surface area (Å²) in [6.45, 7) is 1.17. The first-order chi connectivity index (χ1) is 9.59. The second kappa shape index (κ2) is 6.52. The molecule has 0 saturated heterocycles. The molecule has 0 aromatic heterocycles. The molecule has 0 saturated carbocycles. The first-order valence-corrected chi connectivity index (χ1v) is 6.88. The molecule has 0 bridgehead atoms. The van der Waals surface area contributed by atoms with E-state index in [1.54, 1.807) is 14.1 Å². The minimum absolute atomic E-state index is 0.0160. The van der Waals surface area contributed by atoms with Gasteiger partial charge in [0.2, 0.25) is 11.8 Å². The van der Waals surface area contributed by atoms with Crippen molar-refractivity contribution >= 4 is 11.8 Å². The van der Waals surface area contributed by atoms with Crippen LogP contribution in [0, 0.1) is 0 Å². The lowest BCUT2D eigenvalue weighted by atomic mass is 9.94. The first-order valence-electron chi connectivity index (χ1n) is 6.88. The molecule has 1 atom stereocenters. The Morgan fingerprint density at radius 2 is 2.10 bits per heavy atom. The van der Waals surface area contributed by atoms with Crippen molar-refractivity contribution < 1.29 is 9.59 Å². The molecule has 2 N–H and O–H groups in total. The molecule has 0 spiro atoms. The number of nitrogens with one attached hydrogen (secondary N) is 2. The van der Waals surface area contributed by atoms with Gasteiger partial charge in [-0.3, -0.25) is 9.59 Å². The number of hydrogen-bond donors (Lipinski definition) is 2. The number of nitrogens with zero attached hydrogens (tertiary/aromatic N) is 1. The molecule has 5 nitrogen and oxygen atoms in total. The molecule has 0 aliphatic carbocycles. The van der Waals surface area contributed by atoms with Gasteiger partial charge in [-0.25, -0.2) is 0 Å². The number of benzene rings is 1. The lowest BCUT2D eigenvalue weighted by molar-refractivity contribution is -0.128. The van der Waals surface area contributed by atoms with Crippen molar-refractivity contribution in [3.05, 3.63) is 35.4 Å². The van der Waals surface area contributed by atoms with E-state index < -0.39 is 0 Å². The van der Waals surface area contributed by atoms with E-state index in [1.807, 2.05) is 18.2 Å². The molecular formula is C15H21N3O2. The molecule has 1 aliphatic rings. The zero-order chi connectivity index (χ0) is 14.5. The highest BCUT2D eigenvalue weighted by molar-refractivity contribution is 5.84. The summed E-state index contributed by atoms with van der Waals surface area (Å²) in [5.41, 5.74) is 2.26. The molecule has 5 heteroatoms. The fourth-order valence-electron chi connectivity index (χ4n) is 2.36. The summed E-state index contributed by atoms with van der Waals surface area (Å²) in [5, 5.41) is 6.06. The van der Waals surface area contributed by atoms with Gasteiger partial charge < -0.3 is 15.5 Å². The number of rotatable bonds is 4. The SMILES string of the molecule is CN(C)C(=O)CCNC(=O)C1NCCc2ccccc21. The van der Waals surface area contributed by atoms with Crippen LogP contribution in [0.4, 0.5) is 0 Å². The quantitative estimate of drug-likeness (QED) is 0.839. The van der Waals surface area contributed by atoms with Gasteiger partial charge in [-0.15, -0.1) is 0 Å². The van der Waals surface area contributed by atoms with Gasteiger partial charge in [0.25, 0.3) is 0 Å². The summed E-state index contributed by atoms with van der Waals surface area (Å²) in [7, 11) is 3.42. The third-order valence-corrected chi connectivity index (χ3v) is 3.51. The highest BCUT2D eigenvalue weighted by Crippen LogP contribution is 2.22. The van der Waals surface area contributed by atoms with Gasteiger partial charge >= 0.3 is 0 Å². The molecule has 0 radical (unpaired) electrons. The Hall–Kier alpha value is -1.88. The Balaban J connectivity index is 1.92. The Morgan fingerprint density at radius 3 is 2.85 bits per heavy atom. The molecule has 2 rings (SSSR count). The molecule has 2 amide bonds. The van der Waals surface area contributed by atoms with E-state index in [1.165, 1.54) is 10.5 Å². The summed E-state index contributed by atoms with van der Waals surface area (Å²) in [4.78, 5) is 25.2. The van der Waals surface area contributed by atoms with E-state index in [2.05, 4.69) is 16.7 Å². The van der Waals surface area contributed by atoms with Crippen LogP contribution in [-0.2, 0) is 16.0 Å². The Kier molecular flexibility index (Phi) is 4.74. The van der Waals surface area contributed by atoms with Crippen LogP contribution in [0.15, 0.2) is 24.3 Å². The molecule has 20 heavy (non-hydrogen) atoms. The average molecular weight is 275 g/mol. The van der Waals surface area contributed by atoms with Crippen molar-refractivity contribution in [3.63, 3.8) is 0 Å². The highest BCUT2D eigenvalue weighted by Gasteiger charge is 2.25. The zero-order valence-corrected chi connectivity index (χ0v) is 12.0. The summed E-state index contributed by atoms with van der Waals surface area (Å²) < 4.78 is 0. The molecule has 1 aromatic rings. The summed E-state index contributed by atoms with van der Waals surface area (Å²) in [6, 6.07) is 7.67. The predicted octanol–water partition coefficient (Wildman–Crippen LogP) is 0.468. The van der Waals surface area contributed by atoms with Crippen molar-refractivity contribution in [2.45, 2.75) is 18.9 Å². The summed E-state index contributed by atoms with van der Waals surface area (Å²) in [6.07, 6.45) is 1.27. The Morgan fingerprint density at radius 1 is 1.35 bits per heavy atom. The van der Waals surface area contributed by atoms with E-state index in [4.69, 9.17) is 0 Å². The highest BCUT2D eigenvalue weighted by atomic mass is 16.2. The van der Waals surface area contributed by atoms with Crippen molar-refractivity contribution in [3.8, 4) is 0 Å². The Labute approximate surface area is 119 Å². The van der Waals surface area contributed by atoms with Crippen LogP contribution in [0.5, 0.6) is 0 Å². The second-order valence-electron chi connectivity index (χ2n) is 5.17. The van der Waals surface area contributed by atoms with Crippen LogP contribution in [0.2, 0.25) is 0 Å². The van der Waals surface area contributed by atoms with Gasteiger partial charge in [-0.2, -0.15) is 0 Å². The third kappa shape index (κ3) is 3.36. The lowest BCUT2D eigenvalue weighted by Gasteiger charge is -2.26. The largest absolute Gasteiger partial charge is 0.354 e. The average Bonchev–Trinajstić information content (AvgIpc) is 2.46. The molecule has 1 unspecified atom stereocenters. The number of carbonyl (C=O) groups excluding carboxylic acids is 2. The Bertz CT molecular complexity index is 500. The zero-order valence-electron chi connectivity index (χ0n) is 12.0. The molecular weight excluding hydrogens is 254 g/mol. The molecule has 1 aromatic carbocycles. The molecule has 1 heterocycles. The van der Waals surface area contributed by atoms with Gasteiger partial charge in [-0.1, -0.05) is 24.3 Å². The van der Waals surface area contributed by atoms with Gasteiger partial charge in [0.15, 0.2) is 0 Å². The van der Waals surface area contributed by atoms with Crippen LogP contribution < -0.4 is 10.6 Å². The van der Waals surface area contributed by atoms with Gasteiger partial charge in [-0.05, 0) is 17.5 Å². The molecule has 108 valence electrons. The fourth-order valence-corrected chi connectivity index (χ4v) is 2.36. The van der Waals surface area contributed by atoms with Gasteiger partial charge in [0, 0.05) is 33.6 Å². The van der Waals surface area contributed by atoms with Crippen molar-refractivity contribution in [1.82, 2.24) is 15.5 Å². The molecule has 0 fully saturated rings. The van der Waals surface area contributed by atoms with E-state index in [0.717, 1.165) is 18.5 Å². The molecule has 1 aliphatic heterocycles. The van der Waals surface area contributed by atoms with Crippen molar-refractivity contribution in [2.24, 2.45) is 0 Å². The van der Waals surface area contributed by atoms with Crippen LogP contribution in [0.25, 0.3) is 0 Å². The number of hydrogen-bond acceptors (Lipinski definition) is 3. The van der Waals surface area contributed by atoms with Crippen molar-refractivity contribution in [1.29, 1.82) is 0 Å². The number of amides is 2. The van der Waals surface area contributed by atoms with E-state index in [-0.39, 0.29) is 17.9 Å². The minimum atomic E-state index is -0.311.